The van der Waals surface area contributed by atoms with E-state index in [2.05, 4.69) is 4.85 Å². The number of alkyl halides is 3. The average molecular weight is 575 g/mol. The SMILES string of the molecule is [C-]#[N+]C1=C(C)N(c2cccc(C(F)(F)F)c2)C(=O)N(CC(=O)OC(C)(C)C)[C@@H]1c1ccc(C#N)cc1S(C)(=O)=O. The van der Waals surface area contributed by atoms with Crippen molar-refractivity contribution in [2.24, 2.45) is 0 Å². The van der Waals surface area contributed by atoms with Crippen LogP contribution in [-0.4, -0.2) is 43.7 Å². The maximum atomic E-state index is 14.0. The minimum atomic E-state index is -4.72. The number of carbonyl (C=O) groups is 2. The van der Waals surface area contributed by atoms with Crippen LogP contribution < -0.4 is 4.90 Å². The van der Waals surface area contributed by atoms with Crippen LogP contribution in [-0.2, 0) is 25.5 Å². The Balaban J connectivity index is 2.33. The zero-order valence-electron chi connectivity index (χ0n) is 22.2. The summed E-state index contributed by atoms with van der Waals surface area (Å²) < 4.78 is 71.2. The van der Waals surface area contributed by atoms with Gasteiger partial charge >= 0.3 is 18.2 Å². The number of urea groups is 1. The number of halogens is 3. The van der Waals surface area contributed by atoms with Gasteiger partial charge in [0.05, 0.1) is 34.7 Å². The highest BCUT2D eigenvalue weighted by molar-refractivity contribution is 7.90. The van der Waals surface area contributed by atoms with E-state index in [4.69, 9.17) is 11.3 Å². The first-order valence-corrected chi connectivity index (χ1v) is 13.6. The molecule has 210 valence electrons. The number of benzene rings is 2. The molecule has 0 radical (unpaired) electrons. The summed E-state index contributed by atoms with van der Waals surface area (Å²) in [6.07, 6.45) is -3.83. The molecule has 0 saturated carbocycles. The maximum absolute atomic E-state index is 14.0. The molecule has 2 aromatic rings. The highest BCUT2D eigenvalue weighted by Crippen LogP contribution is 2.43. The smallest absolute Gasteiger partial charge is 0.416 e. The zero-order valence-corrected chi connectivity index (χ0v) is 23.0. The third-order valence-corrected chi connectivity index (χ3v) is 6.97. The fourth-order valence-electron chi connectivity index (χ4n) is 4.25. The number of nitriles is 1. The summed E-state index contributed by atoms with van der Waals surface area (Å²) in [5, 5.41) is 9.32. The predicted octanol–water partition coefficient (Wildman–Crippen LogP) is 5.46. The topological polar surface area (TPSA) is 112 Å². The predicted molar refractivity (Wildman–Crippen MR) is 138 cm³/mol. The second-order valence-corrected chi connectivity index (χ2v) is 12.0. The summed E-state index contributed by atoms with van der Waals surface area (Å²) in [6, 6.07) is 6.99. The normalized spacial score (nSPS) is 16.4. The Bertz CT molecular complexity index is 1600. The van der Waals surface area contributed by atoms with Gasteiger partial charge in [0.1, 0.15) is 12.1 Å². The Morgan fingerprint density at radius 2 is 1.82 bits per heavy atom. The number of rotatable bonds is 5. The lowest BCUT2D eigenvalue weighted by Gasteiger charge is -2.42. The van der Waals surface area contributed by atoms with Crippen molar-refractivity contribution < 1.29 is 35.9 Å². The second-order valence-electron chi connectivity index (χ2n) is 10.0. The summed E-state index contributed by atoms with van der Waals surface area (Å²) in [5.41, 5.74) is -2.55. The van der Waals surface area contributed by atoms with Crippen molar-refractivity contribution in [2.45, 2.75) is 50.4 Å². The summed E-state index contributed by atoms with van der Waals surface area (Å²) in [6.45, 7) is 13.2. The van der Waals surface area contributed by atoms with Crippen molar-refractivity contribution in [1.82, 2.24) is 4.90 Å². The van der Waals surface area contributed by atoms with Crippen molar-refractivity contribution in [2.75, 3.05) is 17.7 Å². The Kier molecular flexibility index (Phi) is 8.04. The van der Waals surface area contributed by atoms with E-state index in [1.165, 1.54) is 25.1 Å². The highest BCUT2D eigenvalue weighted by Gasteiger charge is 2.44. The van der Waals surface area contributed by atoms with Crippen LogP contribution in [0.15, 0.2) is 58.8 Å². The van der Waals surface area contributed by atoms with E-state index in [1.54, 1.807) is 20.8 Å². The van der Waals surface area contributed by atoms with Crippen LogP contribution in [0.1, 0.15) is 50.4 Å². The lowest BCUT2D eigenvalue weighted by Crippen LogP contribution is -2.51. The molecule has 3 rings (SSSR count). The Morgan fingerprint density at radius 1 is 1.18 bits per heavy atom. The van der Waals surface area contributed by atoms with Crippen molar-refractivity contribution in [3.8, 4) is 6.07 Å². The zero-order chi connectivity index (χ0) is 30.2. The van der Waals surface area contributed by atoms with Crippen LogP contribution in [0.25, 0.3) is 4.85 Å². The number of ether oxygens (including phenoxy) is 1. The number of hydrogen-bond donors (Lipinski definition) is 0. The fourth-order valence-corrected chi connectivity index (χ4v) is 5.20. The number of anilines is 1. The molecule has 2 amide bonds. The summed E-state index contributed by atoms with van der Waals surface area (Å²) in [4.78, 5) is 31.8. The molecule has 0 saturated heterocycles. The molecule has 40 heavy (non-hydrogen) atoms. The van der Waals surface area contributed by atoms with E-state index < -0.39 is 51.8 Å². The van der Waals surface area contributed by atoms with Crippen molar-refractivity contribution in [3.63, 3.8) is 0 Å². The number of sulfone groups is 1. The lowest BCUT2D eigenvalue weighted by molar-refractivity contribution is -0.155. The largest absolute Gasteiger partial charge is 0.459 e. The molecular weight excluding hydrogens is 549 g/mol. The lowest BCUT2D eigenvalue weighted by atomic mass is 9.96. The fraction of sp³-hybridized carbons (Fsp3) is 0.333. The standard InChI is InChI=1S/C27H25F3N4O5S/c1-16-23(32-5)24(20-11-10-17(14-31)12-21(20)40(6,37)38)33(15-22(35)39-26(2,3)4)25(36)34(16)19-9-7-8-18(13-19)27(28,29)30/h7-13,24H,15H2,1-4,6H3/t24-/m1/s1. The minimum Gasteiger partial charge on any atom is -0.459 e. The molecule has 0 bridgehead atoms. The number of hydrogen-bond acceptors (Lipinski definition) is 6. The van der Waals surface area contributed by atoms with Crippen LogP contribution in [0, 0.1) is 17.9 Å². The first-order valence-electron chi connectivity index (χ1n) is 11.7. The van der Waals surface area contributed by atoms with Gasteiger partial charge in [0, 0.05) is 17.6 Å². The molecular formula is C27H25F3N4O5S. The molecule has 13 heteroatoms. The summed E-state index contributed by atoms with van der Waals surface area (Å²) >= 11 is 0. The number of carbonyl (C=O) groups excluding carboxylic acids is 2. The van der Waals surface area contributed by atoms with Crippen LogP contribution in [0.2, 0.25) is 0 Å². The third-order valence-electron chi connectivity index (χ3n) is 5.82. The average Bonchev–Trinajstić information content (AvgIpc) is 2.83. The van der Waals surface area contributed by atoms with E-state index in [-0.39, 0.29) is 33.1 Å². The Morgan fingerprint density at radius 3 is 2.35 bits per heavy atom. The van der Waals surface area contributed by atoms with Gasteiger partial charge in [-0.1, -0.05) is 12.1 Å². The first-order chi connectivity index (χ1) is 18.4. The molecule has 1 atom stereocenters. The molecule has 0 spiro atoms. The molecule has 0 aromatic heterocycles. The number of nitrogens with zero attached hydrogens (tertiary/aromatic N) is 4. The minimum absolute atomic E-state index is 0.000610. The van der Waals surface area contributed by atoms with Crippen molar-refractivity contribution in [3.05, 3.63) is 82.0 Å². The molecule has 2 aromatic carbocycles. The van der Waals surface area contributed by atoms with Gasteiger partial charge in [-0.2, -0.15) is 18.4 Å². The summed E-state index contributed by atoms with van der Waals surface area (Å²) in [5.74, 6) is -0.895. The van der Waals surface area contributed by atoms with Crippen LogP contribution >= 0.6 is 0 Å². The Hall–Kier alpha value is -4.36. The quantitative estimate of drug-likeness (QED) is 0.347. The van der Waals surface area contributed by atoms with Gasteiger partial charge in [-0.05, 0) is 63.6 Å². The van der Waals surface area contributed by atoms with Gasteiger partial charge < -0.3 is 9.64 Å². The van der Waals surface area contributed by atoms with E-state index in [0.717, 1.165) is 40.3 Å². The van der Waals surface area contributed by atoms with E-state index in [9.17, 15) is 36.4 Å². The van der Waals surface area contributed by atoms with Crippen LogP contribution in [0.5, 0.6) is 0 Å². The van der Waals surface area contributed by atoms with E-state index in [0.29, 0.717) is 0 Å². The first kappa shape index (κ1) is 30.2. The molecule has 0 aliphatic carbocycles. The van der Waals surface area contributed by atoms with E-state index in [1.807, 2.05) is 6.07 Å². The molecule has 1 heterocycles. The van der Waals surface area contributed by atoms with Crippen molar-refractivity contribution >= 4 is 27.5 Å². The van der Waals surface area contributed by atoms with Gasteiger partial charge in [-0.15, -0.1) is 0 Å². The maximum Gasteiger partial charge on any atom is 0.416 e. The van der Waals surface area contributed by atoms with Gasteiger partial charge in [0.2, 0.25) is 5.70 Å². The van der Waals surface area contributed by atoms with Crippen LogP contribution in [0.4, 0.5) is 23.7 Å². The number of amides is 2. The van der Waals surface area contributed by atoms with Gasteiger partial charge in [-0.3, -0.25) is 9.69 Å². The van der Waals surface area contributed by atoms with Crippen molar-refractivity contribution in [1.29, 1.82) is 5.26 Å². The molecule has 0 N–H and O–H groups in total. The molecule has 1 aliphatic heterocycles. The number of esters is 1. The van der Waals surface area contributed by atoms with E-state index >= 15 is 0 Å². The Labute approximate surface area is 229 Å². The molecule has 9 nitrogen and oxygen atoms in total. The number of allylic oxidation sites excluding steroid dienone is 1. The molecule has 0 fully saturated rings. The van der Waals surface area contributed by atoms with Gasteiger partial charge in [-0.25, -0.2) is 18.1 Å². The van der Waals surface area contributed by atoms with Gasteiger partial charge in [0.15, 0.2) is 9.84 Å². The highest BCUT2D eigenvalue weighted by atomic mass is 32.2. The third kappa shape index (κ3) is 6.26. The monoisotopic (exact) mass is 574 g/mol. The molecule has 0 unspecified atom stereocenters. The summed E-state index contributed by atoms with van der Waals surface area (Å²) in [7, 11) is -4.02. The van der Waals surface area contributed by atoms with Gasteiger partial charge in [0.25, 0.3) is 0 Å². The van der Waals surface area contributed by atoms with Crippen LogP contribution in [0.3, 0.4) is 0 Å². The molecule has 1 aliphatic rings. The second kappa shape index (κ2) is 10.7.